The van der Waals surface area contributed by atoms with Crippen LogP contribution in [0.4, 0.5) is 10.1 Å². The molecule has 0 saturated heterocycles. The SMILES string of the molecule is CC(C)CNC(=O)c1ccccc1NCC(=O)NCCc1ccc(F)cc1. The third-order valence-electron chi connectivity index (χ3n) is 3.93. The van der Waals surface area contributed by atoms with E-state index in [1.165, 1.54) is 12.1 Å². The van der Waals surface area contributed by atoms with Crippen molar-refractivity contribution in [3.8, 4) is 0 Å². The summed E-state index contributed by atoms with van der Waals surface area (Å²) in [5.41, 5.74) is 2.08. The first-order valence-corrected chi connectivity index (χ1v) is 9.08. The van der Waals surface area contributed by atoms with Crippen LogP contribution in [0.3, 0.4) is 0 Å². The molecule has 0 saturated carbocycles. The van der Waals surface area contributed by atoms with E-state index in [-0.39, 0.29) is 24.2 Å². The van der Waals surface area contributed by atoms with E-state index >= 15 is 0 Å². The Hall–Kier alpha value is -2.89. The fourth-order valence-electron chi connectivity index (χ4n) is 2.46. The Bertz CT molecular complexity index is 760. The molecule has 0 fully saturated rings. The number of nitrogens with one attached hydrogen (secondary N) is 3. The lowest BCUT2D eigenvalue weighted by molar-refractivity contribution is -0.119. The number of anilines is 1. The molecule has 2 aromatic carbocycles. The van der Waals surface area contributed by atoms with E-state index in [1.807, 2.05) is 19.9 Å². The van der Waals surface area contributed by atoms with E-state index in [1.54, 1.807) is 30.3 Å². The van der Waals surface area contributed by atoms with Gasteiger partial charge in [0.1, 0.15) is 5.82 Å². The van der Waals surface area contributed by atoms with Crippen LogP contribution >= 0.6 is 0 Å². The minimum absolute atomic E-state index is 0.0674. The zero-order valence-electron chi connectivity index (χ0n) is 15.7. The summed E-state index contributed by atoms with van der Waals surface area (Å²) >= 11 is 0. The van der Waals surface area contributed by atoms with Gasteiger partial charge in [-0.05, 0) is 42.2 Å². The number of rotatable bonds is 9. The zero-order valence-corrected chi connectivity index (χ0v) is 15.7. The molecule has 0 atom stereocenters. The smallest absolute Gasteiger partial charge is 0.253 e. The average molecular weight is 371 g/mol. The van der Waals surface area contributed by atoms with Gasteiger partial charge in [-0.1, -0.05) is 38.1 Å². The van der Waals surface area contributed by atoms with Crippen LogP contribution in [0.15, 0.2) is 48.5 Å². The van der Waals surface area contributed by atoms with Crippen molar-refractivity contribution in [2.24, 2.45) is 5.92 Å². The molecule has 0 spiro atoms. The molecular weight excluding hydrogens is 345 g/mol. The number of carbonyl (C=O) groups is 2. The molecular formula is C21H26FN3O2. The topological polar surface area (TPSA) is 70.2 Å². The molecule has 27 heavy (non-hydrogen) atoms. The first-order valence-electron chi connectivity index (χ1n) is 9.08. The second-order valence-electron chi connectivity index (χ2n) is 6.73. The Kier molecular flexibility index (Phi) is 7.79. The van der Waals surface area contributed by atoms with Crippen molar-refractivity contribution in [1.29, 1.82) is 0 Å². The summed E-state index contributed by atoms with van der Waals surface area (Å²) in [6, 6.07) is 13.3. The standard InChI is InChI=1S/C21H26FN3O2/c1-15(2)13-25-21(27)18-5-3-4-6-19(18)24-14-20(26)23-12-11-16-7-9-17(22)10-8-16/h3-10,15,24H,11-14H2,1-2H3,(H,23,26)(H,25,27). The Morgan fingerprint density at radius 1 is 1.00 bits per heavy atom. The molecule has 2 aromatic rings. The third-order valence-corrected chi connectivity index (χ3v) is 3.93. The van der Waals surface area contributed by atoms with Crippen LogP contribution in [0, 0.1) is 11.7 Å². The summed E-state index contributed by atoms with van der Waals surface area (Å²) in [6.07, 6.45) is 0.625. The van der Waals surface area contributed by atoms with Crippen LogP contribution in [-0.4, -0.2) is 31.4 Å². The lowest BCUT2D eigenvalue weighted by Crippen LogP contribution is -2.32. The van der Waals surface area contributed by atoms with Crippen LogP contribution in [0.2, 0.25) is 0 Å². The molecule has 2 amide bonds. The zero-order chi connectivity index (χ0) is 19.6. The Morgan fingerprint density at radius 2 is 1.70 bits per heavy atom. The second-order valence-corrected chi connectivity index (χ2v) is 6.73. The lowest BCUT2D eigenvalue weighted by Gasteiger charge is -2.13. The molecule has 6 heteroatoms. The lowest BCUT2D eigenvalue weighted by atomic mass is 10.1. The molecule has 0 radical (unpaired) electrons. The molecule has 144 valence electrons. The van der Waals surface area contributed by atoms with Crippen LogP contribution in [0.1, 0.15) is 29.8 Å². The summed E-state index contributed by atoms with van der Waals surface area (Å²) in [5, 5.41) is 8.70. The highest BCUT2D eigenvalue weighted by molar-refractivity contribution is 6.00. The van der Waals surface area contributed by atoms with E-state index in [0.717, 1.165) is 5.56 Å². The largest absolute Gasteiger partial charge is 0.376 e. The number of benzene rings is 2. The van der Waals surface area contributed by atoms with E-state index in [9.17, 15) is 14.0 Å². The van der Waals surface area contributed by atoms with Crippen LogP contribution in [0.25, 0.3) is 0 Å². The maximum atomic E-state index is 12.9. The monoisotopic (exact) mass is 371 g/mol. The normalized spacial score (nSPS) is 10.5. The molecule has 2 rings (SSSR count). The van der Waals surface area contributed by atoms with Gasteiger partial charge in [-0.15, -0.1) is 0 Å². The van der Waals surface area contributed by atoms with Gasteiger partial charge in [0.05, 0.1) is 12.1 Å². The second kappa shape index (κ2) is 10.3. The number of halogens is 1. The van der Waals surface area contributed by atoms with Gasteiger partial charge in [-0.2, -0.15) is 0 Å². The molecule has 0 bridgehead atoms. The molecule has 0 heterocycles. The minimum Gasteiger partial charge on any atom is -0.376 e. The quantitative estimate of drug-likeness (QED) is 0.635. The number of amides is 2. The molecule has 0 aliphatic heterocycles. The third kappa shape index (κ3) is 7.09. The predicted octanol–water partition coefficient (Wildman–Crippen LogP) is 2.98. The van der Waals surface area contributed by atoms with Crippen molar-refractivity contribution in [2.45, 2.75) is 20.3 Å². The van der Waals surface area contributed by atoms with Gasteiger partial charge >= 0.3 is 0 Å². The van der Waals surface area contributed by atoms with Crippen molar-refractivity contribution >= 4 is 17.5 Å². The van der Waals surface area contributed by atoms with Crippen LogP contribution < -0.4 is 16.0 Å². The van der Waals surface area contributed by atoms with Crippen LogP contribution in [0.5, 0.6) is 0 Å². The van der Waals surface area contributed by atoms with E-state index < -0.39 is 0 Å². The van der Waals surface area contributed by atoms with Gasteiger partial charge < -0.3 is 16.0 Å². The maximum Gasteiger partial charge on any atom is 0.253 e. The molecule has 0 aliphatic carbocycles. The van der Waals surface area contributed by atoms with Crippen molar-refractivity contribution in [2.75, 3.05) is 25.0 Å². The van der Waals surface area contributed by atoms with Gasteiger partial charge in [0.15, 0.2) is 0 Å². The van der Waals surface area contributed by atoms with Gasteiger partial charge in [0.25, 0.3) is 5.91 Å². The Balaban J connectivity index is 1.80. The summed E-state index contributed by atoms with van der Waals surface area (Å²) in [7, 11) is 0. The highest BCUT2D eigenvalue weighted by Gasteiger charge is 2.11. The number of para-hydroxylation sites is 1. The highest BCUT2D eigenvalue weighted by atomic mass is 19.1. The summed E-state index contributed by atoms with van der Waals surface area (Å²) in [4.78, 5) is 24.3. The first-order chi connectivity index (χ1) is 13.0. The van der Waals surface area contributed by atoms with Crippen molar-refractivity contribution in [1.82, 2.24) is 10.6 Å². The predicted molar refractivity (Wildman–Crippen MR) is 105 cm³/mol. The number of carbonyl (C=O) groups excluding carboxylic acids is 2. The Labute approximate surface area is 159 Å². The van der Waals surface area contributed by atoms with E-state index in [2.05, 4.69) is 16.0 Å². The van der Waals surface area contributed by atoms with Gasteiger partial charge in [0.2, 0.25) is 5.91 Å². The fourth-order valence-corrected chi connectivity index (χ4v) is 2.46. The number of hydrogen-bond acceptors (Lipinski definition) is 3. The molecule has 5 nitrogen and oxygen atoms in total. The summed E-state index contributed by atoms with van der Waals surface area (Å²) < 4.78 is 12.9. The molecule has 0 unspecified atom stereocenters. The molecule has 0 aromatic heterocycles. The van der Waals surface area contributed by atoms with E-state index in [4.69, 9.17) is 0 Å². The summed E-state index contributed by atoms with van der Waals surface area (Å²) in [6.45, 7) is 5.18. The maximum absolute atomic E-state index is 12.9. The van der Waals surface area contributed by atoms with Crippen molar-refractivity contribution in [3.05, 3.63) is 65.5 Å². The Morgan fingerprint density at radius 3 is 2.41 bits per heavy atom. The van der Waals surface area contributed by atoms with Gasteiger partial charge in [-0.25, -0.2) is 4.39 Å². The van der Waals surface area contributed by atoms with Gasteiger partial charge in [0, 0.05) is 18.8 Å². The van der Waals surface area contributed by atoms with Crippen molar-refractivity contribution < 1.29 is 14.0 Å². The first kappa shape index (κ1) is 20.4. The summed E-state index contributed by atoms with van der Waals surface area (Å²) in [5.74, 6) is -0.248. The minimum atomic E-state index is -0.275. The molecule has 3 N–H and O–H groups in total. The fraction of sp³-hybridized carbons (Fsp3) is 0.333. The van der Waals surface area contributed by atoms with Crippen LogP contribution in [-0.2, 0) is 11.2 Å². The van der Waals surface area contributed by atoms with Gasteiger partial charge in [-0.3, -0.25) is 9.59 Å². The number of hydrogen-bond donors (Lipinski definition) is 3. The van der Waals surface area contributed by atoms with E-state index in [0.29, 0.717) is 36.7 Å². The highest BCUT2D eigenvalue weighted by Crippen LogP contribution is 2.14. The molecule has 0 aliphatic rings. The average Bonchev–Trinajstić information content (AvgIpc) is 2.66. The van der Waals surface area contributed by atoms with Crippen molar-refractivity contribution in [3.63, 3.8) is 0 Å².